The van der Waals surface area contributed by atoms with Gasteiger partial charge in [-0.05, 0) is 12.1 Å². The van der Waals surface area contributed by atoms with Gasteiger partial charge >= 0.3 is 5.97 Å². The summed E-state index contributed by atoms with van der Waals surface area (Å²) in [7, 11) is -3.53. The number of nitrogens with zero attached hydrogens (tertiary/aromatic N) is 1. The lowest BCUT2D eigenvalue weighted by Gasteiger charge is -2.26. The number of carbonyl (C=O) groups is 2. The SMILES string of the molecule is CS(=O)(=O)Nc1ccccc1C(=O)OCC(=O)N1CCOCC1. The van der Waals surface area contributed by atoms with Gasteiger partial charge in [-0.1, -0.05) is 12.1 Å². The number of anilines is 1. The molecule has 1 heterocycles. The first-order valence-corrected chi connectivity index (χ1v) is 8.85. The predicted molar refractivity (Wildman–Crippen MR) is 82.6 cm³/mol. The zero-order valence-electron chi connectivity index (χ0n) is 12.6. The number of benzene rings is 1. The standard InChI is InChI=1S/C14H18N2O6S/c1-23(19,20)15-12-5-3-2-4-11(12)14(18)22-10-13(17)16-6-8-21-9-7-16/h2-5,15H,6-10H2,1H3. The van der Waals surface area contributed by atoms with Gasteiger partial charge < -0.3 is 14.4 Å². The van der Waals surface area contributed by atoms with Crippen LogP contribution in [0.5, 0.6) is 0 Å². The first-order valence-electron chi connectivity index (χ1n) is 6.96. The Morgan fingerprint density at radius 2 is 1.91 bits per heavy atom. The molecule has 1 saturated heterocycles. The molecule has 8 nitrogen and oxygen atoms in total. The van der Waals surface area contributed by atoms with Gasteiger partial charge in [-0.2, -0.15) is 0 Å². The van der Waals surface area contributed by atoms with E-state index in [2.05, 4.69) is 4.72 Å². The fourth-order valence-electron chi connectivity index (χ4n) is 2.06. The van der Waals surface area contributed by atoms with Crippen LogP contribution in [-0.4, -0.2) is 64.4 Å². The van der Waals surface area contributed by atoms with Crippen LogP contribution < -0.4 is 4.72 Å². The molecule has 1 N–H and O–H groups in total. The summed E-state index contributed by atoms with van der Waals surface area (Å²) in [5.74, 6) is -1.08. The van der Waals surface area contributed by atoms with E-state index in [1.54, 1.807) is 17.0 Å². The Balaban J connectivity index is 1.99. The quantitative estimate of drug-likeness (QED) is 0.760. The molecule has 0 atom stereocenters. The van der Waals surface area contributed by atoms with Gasteiger partial charge in [0.05, 0.1) is 30.7 Å². The van der Waals surface area contributed by atoms with Gasteiger partial charge in [0.15, 0.2) is 6.61 Å². The van der Waals surface area contributed by atoms with Gasteiger partial charge in [-0.15, -0.1) is 0 Å². The lowest BCUT2D eigenvalue weighted by molar-refractivity contribution is -0.138. The van der Waals surface area contributed by atoms with Crippen molar-refractivity contribution in [3.8, 4) is 0 Å². The molecule has 0 bridgehead atoms. The molecular weight excluding hydrogens is 324 g/mol. The molecule has 9 heteroatoms. The van der Waals surface area contributed by atoms with Crippen LogP contribution in [0.3, 0.4) is 0 Å². The van der Waals surface area contributed by atoms with Crippen LogP contribution in [0.15, 0.2) is 24.3 Å². The molecule has 1 aliphatic heterocycles. The highest BCUT2D eigenvalue weighted by Crippen LogP contribution is 2.17. The van der Waals surface area contributed by atoms with E-state index in [0.29, 0.717) is 26.3 Å². The largest absolute Gasteiger partial charge is 0.452 e. The summed E-state index contributed by atoms with van der Waals surface area (Å²) in [6.07, 6.45) is 0.983. The molecule has 1 fully saturated rings. The first-order chi connectivity index (χ1) is 10.9. The average molecular weight is 342 g/mol. The monoisotopic (exact) mass is 342 g/mol. The molecular formula is C14H18N2O6S. The minimum atomic E-state index is -3.53. The van der Waals surface area contributed by atoms with Crippen molar-refractivity contribution in [3.63, 3.8) is 0 Å². The molecule has 0 saturated carbocycles. The molecule has 1 aromatic carbocycles. The number of morpholine rings is 1. The van der Waals surface area contributed by atoms with Crippen LogP contribution in [0.2, 0.25) is 0 Å². The van der Waals surface area contributed by atoms with Crippen LogP contribution in [0.1, 0.15) is 10.4 Å². The van der Waals surface area contributed by atoms with Gasteiger partial charge in [0.1, 0.15) is 0 Å². The van der Waals surface area contributed by atoms with Crippen molar-refractivity contribution >= 4 is 27.6 Å². The number of hydrogen-bond acceptors (Lipinski definition) is 6. The molecule has 23 heavy (non-hydrogen) atoms. The minimum Gasteiger partial charge on any atom is -0.452 e. The van der Waals surface area contributed by atoms with Gasteiger partial charge in [0.2, 0.25) is 10.0 Å². The summed E-state index contributed by atoms with van der Waals surface area (Å²) in [5.41, 5.74) is 0.159. The Labute approximate surface area is 134 Å². The molecule has 126 valence electrons. The Hall–Kier alpha value is -2.13. The highest BCUT2D eigenvalue weighted by Gasteiger charge is 2.20. The van der Waals surface area contributed by atoms with Crippen molar-refractivity contribution in [2.45, 2.75) is 0 Å². The summed E-state index contributed by atoms with van der Waals surface area (Å²) >= 11 is 0. The molecule has 2 rings (SSSR count). The second-order valence-corrected chi connectivity index (χ2v) is 6.74. The van der Waals surface area contributed by atoms with Crippen molar-refractivity contribution in [1.29, 1.82) is 0 Å². The molecule has 1 amide bonds. The van der Waals surface area contributed by atoms with Crippen molar-refractivity contribution in [2.75, 3.05) is 43.9 Å². The maximum absolute atomic E-state index is 12.1. The third kappa shape index (κ3) is 5.22. The second kappa shape index (κ2) is 7.42. The van der Waals surface area contributed by atoms with E-state index in [9.17, 15) is 18.0 Å². The Bertz CT molecular complexity index is 682. The van der Waals surface area contributed by atoms with E-state index in [1.165, 1.54) is 12.1 Å². The Kier molecular flexibility index (Phi) is 5.56. The lowest BCUT2D eigenvalue weighted by atomic mass is 10.2. The van der Waals surface area contributed by atoms with Crippen molar-refractivity contribution in [1.82, 2.24) is 4.90 Å². The van der Waals surface area contributed by atoms with Crippen molar-refractivity contribution < 1.29 is 27.5 Å². The zero-order valence-corrected chi connectivity index (χ0v) is 13.5. The summed E-state index contributed by atoms with van der Waals surface area (Å²) in [5, 5.41) is 0. The molecule has 0 aliphatic carbocycles. The Morgan fingerprint density at radius 3 is 2.57 bits per heavy atom. The summed E-state index contributed by atoms with van der Waals surface area (Å²) in [6.45, 7) is 1.44. The molecule has 0 spiro atoms. The second-order valence-electron chi connectivity index (χ2n) is 4.99. The number of hydrogen-bond donors (Lipinski definition) is 1. The van der Waals surface area contributed by atoms with Crippen molar-refractivity contribution in [2.24, 2.45) is 0 Å². The van der Waals surface area contributed by atoms with Gasteiger partial charge in [0.25, 0.3) is 5.91 Å². The maximum atomic E-state index is 12.1. The van der Waals surface area contributed by atoms with E-state index in [-0.39, 0.29) is 17.2 Å². The number of carbonyl (C=O) groups excluding carboxylic acids is 2. The predicted octanol–water partition coefficient (Wildman–Crippen LogP) is 0.0737. The molecule has 1 aliphatic rings. The van der Waals surface area contributed by atoms with E-state index in [0.717, 1.165) is 6.26 Å². The first kappa shape index (κ1) is 17.2. The van der Waals surface area contributed by atoms with E-state index >= 15 is 0 Å². The Morgan fingerprint density at radius 1 is 1.26 bits per heavy atom. The van der Waals surface area contributed by atoms with E-state index in [4.69, 9.17) is 9.47 Å². The van der Waals surface area contributed by atoms with E-state index < -0.39 is 22.6 Å². The summed E-state index contributed by atoms with van der Waals surface area (Å²) < 4.78 is 35.0. The van der Waals surface area contributed by atoms with Gasteiger partial charge in [-0.3, -0.25) is 9.52 Å². The third-order valence-corrected chi connectivity index (χ3v) is 3.72. The number of sulfonamides is 1. The van der Waals surface area contributed by atoms with Crippen LogP contribution >= 0.6 is 0 Å². The fourth-order valence-corrected chi connectivity index (χ4v) is 2.64. The van der Waals surface area contributed by atoms with Crippen molar-refractivity contribution in [3.05, 3.63) is 29.8 Å². The highest BCUT2D eigenvalue weighted by molar-refractivity contribution is 7.92. The van der Waals surface area contributed by atoms with Crippen LogP contribution in [0.25, 0.3) is 0 Å². The van der Waals surface area contributed by atoms with Crippen LogP contribution in [-0.2, 0) is 24.3 Å². The molecule has 0 radical (unpaired) electrons. The fraction of sp³-hybridized carbons (Fsp3) is 0.429. The molecule has 0 unspecified atom stereocenters. The number of rotatable bonds is 5. The minimum absolute atomic E-state index is 0.0488. The zero-order chi connectivity index (χ0) is 16.9. The van der Waals surface area contributed by atoms with Gasteiger partial charge in [-0.25, -0.2) is 13.2 Å². The van der Waals surface area contributed by atoms with E-state index in [1.807, 2.05) is 0 Å². The van der Waals surface area contributed by atoms with Gasteiger partial charge in [0, 0.05) is 13.1 Å². The number of para-hydroxylation sites is 1. The van der Waals surface area contributed by atoms with Crippen LogP contribution in [0.4, 0.5) is 5.69 Å². The number of amides is 1. The number of nitrogens with one attached hydrogen (secondary N) is 1. The smallest absolute Gasteiger partial charge is 0.340 e. The normalized spacial score (nSPS) is 15.1. The molecule has 1 aromatic rings. The number of esters is 1. The topological polar surface area (TPSA) is 102 Å². The third-order valence-electron chi connectivity index (χ3n) is 3.13. The molecule has 0 aromatic heterocycles. The lowest BCUT2D eigenvalue weighted by Crippen LogP contribution is -2.42. The highest BCUT2D eigenvalue weighted by atomic mass is 32.2. The maximum Gasteiger partial charge on any atom is 0.340 e. The summed E-state index contributed by atoms with van der Waals surface area (Å²) in [6, 6.07) is 6.04. The average Bonchev–Trinajstić information content (AvgIpc) is 2.52. The summed E-state index contributed by atoms with van der Waals surface area (Å²) in [4.78, 5) is 25.6. The number of ether oxygens (including phenoxy) is 2. The van der Waals surface area contributed by atoms with Crippen LogP contribution in [0, 0.1) is 0 Å².